The van der Waals surface area contributed by atoms with E-state index in [1.165, 1.54) is 4.88 Å². The topological polar surface area (TPSA) is 59.7 Å². The zero-order valence-electron chi connectivity index (χ0n) is 19.2. The zero-order chi connectivity index (χ0) is 23.9. The summed E-state index contributed by atoms with van der Waals surface area (Å²) >= 11 is 14.1. The van der Waals surface area contributed by atoms with Crippen LogP contribution in [0, 0.1) is 0 Å². The molecule has 6 nitrogen and oxygen atoms in total. The van der Waals surface area contributed by atoms with Gasteiger partial charge in [0.1, 0.15) is 0 Å². The summed E-state index contributed by atoms with van der Waals surface area (Å²) in [5.74, 6) is 0.189. The fourth-order valence-corrected chi connectivity index (χ4v) is 6.82. The first-order valence-electron chi connectivity index (χ1n) is 11.6. The van der Waals surface area contributed by atoms with Gasteiger partial charge in [0.2, 0.25) is 12.3 Å². The molecule has 2 aliphatic heterocycles. The highest BCUT2D eigenvalue weighted by Gasteiger charge is 2.46. The van der Waals surface area contributed by atoms with Crippen molar-refractivity contribution in [3.8, 4) is 0 Å². The minimum absolute atomic E-state index is 0.189. The van der Waals surface area contributed by atoms with Crippen molar-refractivity contribution in [1.29, 1.82) is 0 Å². The van der Waals surface area contributed by atoms with Crippen LogP contribution in [-0.4, -0.2) is 78.3 Å². The van der Waals surface area contributed by atoms with Gasteiger partial charge in [-0.05, 0) is 55.8 Å². The van der Waals surface area contributed by atoms with Crippen LogP contribution in [0.4, 0.5) is 0 Å². The maximum absolute atomic E-state index is 13.9. The third-order valence-corrected chi connectivity index (χ3v) is 8.69. The Balaban J connectivity index is 1.43. The first-order chi connectivity index (χ1) is 16.4. The lowest BCUT2D eigenvalue weighted by atomic mass is 9.74. The third-order valence-electron chi connectivity index (χ3n) is 7.17. The lowest BCUT2D eigenvalue weighted by Crippen LogP contribution is -2.57. The van der Waals surface area contributed by atoms with Gasteiger partial charge in [-0.1, -0.05) is 23.2 Å². The molecule has 4 heterocycles. The number of thiophene rings is 1. The number of likely N-dealkylation sites (N-methyl/N-ethyl adjacent to an activating group) is 1. The Labute approximate surface area is 213 Å². The van der Waals surface area contributed by atoms with Gasteiger partial charge in [0.05, 0.1) is 15.6 Å². The predicted molar refractivity (Wildman–Crippen MR) is 138 cm³/mol. The number of aromatic amines is 1. The van der Waals surface area contributed by atoms with Crippen molar-refractivity contribution >= 4 is 57.1 Å². The number of carbonyl (C=O) groups excluding carboxylic acids is 2. The van der Waals surface area contributed by atoms with Crippen molar-refractivity contribution in [2.75, 3.05) is 46.3 Å². The molecule has 0 radical (unpaired) electrons. The molecule has 2 aliphatic rings. The second-order valence-electron chi connectivity index (χ2n) is 9.45. The molecule has 0 saturated carbocycles. The van der Waals surface area contributed by atoms with Crippen LogP contribution in [0.15, 0.2) is 30.3 Å². The van der Waals surface area contributed by atoms with Crippen molar-refractivity contribution in [3.05, 3.63) is 56.5 Å². The predicted octanol–water partition coefficient (Wildman–Crippen LogP) is 4.39. The van der Waals surface area contributed by atoms with Crippen LogP contribution in [0.1, 0.15) is 29.0 Å². The lowest BCUT2D eigenvalue weighted by Gasteiger charge is -2.43. The summed E-state index contributed by atoms with van der Waals surface area (Å²) in [4.78, 5) is 36.1. The fourth-order valence-electron chi connectivity index (χ4n) is 5.16. The monoisotopic (exact) mass is 518 g/mol. The fraction of sp³-hybridized carbons (Fsp3) is 0.440. The Morgan fingerprint density at radius 1 is 1.03 bits per heavy atom. The Hall–Kier alpha value is -2.06. The summed E-state index contributed by atoms with van der Waals surface area (Å²) < 4.78 is 1.14. The number of fused-ring (bicyclic) bond motifs is 1. The van der Waals surface area contributed by atoms with Gasteiger partial charge in [-0.15, -0.1) is 11.3 Å². The number of hydrogen-bond acceptors (Lipinski definition) is 4. The molecular weight excluding hydrogens is 491 g/mol. The van der Waals surface area contributed by atoms with Gasteiger partial charge in [-0.3, -0.25) is 9.59 Å². The van der Waals surface area contributed by atoms with Gasteiger partial charge in [-0.2, -0.15) is 0 Å². The Kier molecular flexibility index (Phi) is 6.64. The maximum Gasteiger partial charge on any atom is 0.234 e. The van der Waals surface area contributed by atoms with Crippen molar-refractivity contribution < 1.29 is 9.59 Å². The van der Waals surface area contributed by atoms with Crippen LogP contribution in [0.25, 0.3) is 10.2 Å². The van der Waals surface area contributed by atoms with Gasteiger partial charge in [0, 0.05) is 66.3 Å². The van der Waals surface area contributed by atoms with Crippen molar-refractivity contribution in [2.45, 2.75) is 24.7 Å². The van der Waals surface area contributed by atoms with E-state index in [1.807, 2.05) is 17.0 Å². The maximum atomic E-state index is 13.9. The van der Waals surface area contributed by atoms with Crippen LogP contribution in [0.2, 0.25) is 10.0 Å². The molecule has 3 aromatic rings. The standard InChI is InChI=1S/C25H28Cl2N4O2S/c1-29-6-8-31(9-7-29)24(33)25(2-4-30(16-32)5-3-25)23-15-22-21(28-23)14-20(34-22)12-17-10-18(26)13-19(27)11-17/h10-11,13-16,28H,2-9,12H2,1H3. The van der Waals surface area contributed by atoms with Gasteiger partial charge < -0.3 is 19.7 Å². The summed E-state index contributed by atoms with van der Waals surface area (Å²) in [7, 11) is 2.09. The number of likely N-dealkylation sites (tertiary alicyclic amines) is 1. The highest BCUT2D eigenvalue weighted by molar-refractivity contribution is 7.19. The van der Waals surface area contributed by atoms with E-state index in [2.05, 4.69) is 29.1 Å². The molecule has 2 saturated heterocycles. The number of H-pyrrole nitrogens is 1. The number of aromatic nitrogens is 1. The molecule has 2 fully saturated rings. The molecular formula is C25H28Cl2N4O2S. The van der Waals surface area contributed by atoms with E-state index in [0.717, 1.165) is 60.5 Å². The molecule has 180 valence electrons. The van der Waals surface area contributed by atoms with Crippen LogP contribution >= 0.6 is 34.5 Å². The number of rotatable bonds is 5. The van der Waals surface area contributed by atoms with Crippen LogP contribution < -0.4 is 0 Å². The summed E-state index contributed by atoms with van der Waals surface area (Å²) in [5, 5.41) is 1.27. The number of carbonyl (C=O) groups is 2. The van der Waals surface area contributed by atoms with Crippen molar-refractivity contribution in [2.24, 2.45) is 0 Å². The van der Waals surface area contributed by atoms with E-state index in [1.54, 1.807) is 22.3 Å². The second-order valence-corrected chi connectivity index (χ2v) is 11.5. The average molecular weight is 519 g/mol. The number of hydrogen-bond donors (Lipinski definition) is 1. The Bertz CT molecular complexity index is 1160. The van der Waals surface area contributed by atoms with E-state index in [0.29, 0.717) is 36.0 Å². The highest BCUT2D eigenvalue weighted by Crippen LogP contribution is 2.40. The van der Waals surface area contributed by atoms with Gasteiger partial charge in [0.15, 0.2) is 0 Å². The van der Waals surface area contributed by atoms with E-state index >= 15 is 0 Å². The third kappa shape index (κ3) is 4.59. The molecule has 34 heavy (non-hydrogen) atoms. The number of halogens is 2. The highest BCUT2D eigenvalue weighted by atomic mass is 35.5. The quantitative estimate of drug-likeness (QED) is 0.509. The smallest absolute Gasteiger partial charge is 0.234 e. The van der Waals surface area contributed by atoms with Crippen molar-refractivity contribution in [1.82, 2.24) is 19.7 Å². The average Bonchev–Trinajstić information content (AvgIpc) is 3.37. The molecule has 2 amide bonds. The molecule has 5 rings (SSSR count). The number of benzene rings is 1. The van der Waals surface area contributed by atoms with Crippen LogP contribution in [0.5, 0.6) is 0 Å². The molecule has 0 unspecified atom stereocenters. The number of nitrogens with zero attached hydrogens (tertiary/aromatic N) is 3. The lowest BCUT2D eigenvalue weighted by molar-refractivity contribution is -0.142. The SMILES string of the molecule is CN1CCN(C(=O)C2(c3cc4sc(Cc5cc(Cl)cc(Cl)c5)cc4[nH]3)CCN(C=O)CC2)CC1. The molecule has 0 atom stereocenters. The first-order valence-corrected chi connectivity index (χ1v) is 13.2. The summed E-state index contributed by atoms with van der Waals surface area (Å²) in [5.41, 5.74) is 2.48. The molecule has 9 heteroatoms. The number of piperazine rings is 1. The normalized spacial score (nSPS) is 19.0. The first kappa shape index (κ1) is 23.7. The molecule has 0 aliphatic carbocycles. The molecule has 0 spiro atoms. The van der Waals surface area contributed by atoms with Gasteiger partial charge >= 0.3 is 0 Å². The molecule has 2 aromatic heterocycles. The van der Waals surface area contributed by atoms with Gasteiger partial charge in [0.25, 0.3) is 0 Å². The van der Waals surface area contributed by atoms with E-state index in [9.17, 15) is 9.59 Å². The minimum Gasteiger partial charge on any atom is -0.357 e. The second kappa shape index (κ2) is 9.53. The zero-order valence-corrected chi connectivity index (χ0v) is 21.5. The molecule has 1 aromatic carbocycles. The number of nitrogens with one attached hydrogen (secondary N) is 1. The molecule has 0 bridgehead atoms. The largest absolute Gasteiger partial charge is 0.357 e. The minimum atomic E-state index is -0.616. The van der Waals surface area contributed by atoms with Crippen LogP contribution in [-0.2, 0) is 21.4 Å². The van der Waals surface area contributed by atoms with Gasteiger partial charge in [-0.25, -0.2) is 0 Å². The van der Waals surface area contributed by atoms with E-state index < -0.39 is 5.41 Å². The number of amides is 2. The van der Waals surface area contributed by atoms with Crippen LogP contribution in [0.3, 0.4) is 0 Å². The number of piperidine rings is 1. The summed E-state index contributed by atoms with van der Waals surface area (Å²) in [6, 6.07) is 9.94. The Morgan fingerprint density at radius 2 is 1.71 bits per heavy atom. The summed E-state index contributed by atoms with van der Waals surface area (Å²) in [6.07, 6.45) is 2.92. The van der Waals surface area contributed by atoms with E-state index in [4.69, 9.17) is 23.2 Å². The Morgan fingerprint density at radius 3 is 2.32 bits per heavy atom. The summed E-state index contributed by atoms with van der Waals surface area (Å²) in [6.45, 7) is 4.45. The van der Waals surface area contributed by atoms with Crippen molar-refractivity contribution in [3.63, 3.8) is 0 Å². The molecule has 1 N–H and O–H groups in total. The van der Waals surface area contributed by atoms with E-state index in [-0.39, 0.29) is 5.91 Å².